The first-order chi connectivity index (χ1) is 9.60. The molecule has 1 fully saturated rings. The fourth-order valence-corrected chi connectivity index (χ4v) is 2.67. The molecule has 0 aliphatic carbocycles. The number of rotatable bonds is 5. The van der Waals surface area contributed by atoms with E-state index < -0.39 is 0 Å². The van der Waals surface area contributed by atoms with Gasteiger partial charge in [-0.15, -0.1) is 0 Å². The van der Waals surface area contributed by atoms with Gasteiger partial charge in [0.15, 0.2) is 5.82 Å². The summed E-state index contributed by atoms with van der Waals surface area (Å²) in [6.45, 7) is 4.43. The summed E-state index contributed by atoms with van der Waals surface area (Å²) in [5.41, 5.74) is 5.24. The van der Waals surface area contributed by atoms with Crippen LogP contribution in [0.25, 0.3) is 0 Å². The molecule has 20 heavy (non-hydrogen) atoms. The quantitative estimate of drug-likeness (QED) is 0.863. The number of nitrogens with two attached hydrogens (primary N) is 1. The number of halogens is 1. The van der Waals surface area contributed by atoms with E-state index >= 15 is 0 Å². The van der Waals surface area contributed by atoms with Crippen molar-refractivity contribution < 1.29 is 4.79 Å². The highest BCUT2D eigenvalue weighted by Crippen LogP contribution is 2.29. The van der Waals surface area contributed by atoms with Gasteiger partial charge in [-0.3, -0.25) is 4.79 Å². The zero-order chi connectivity index (χ0) is 14.5. The molecule has 1 aromatic rings. The van der Waals surface area contributed by atoms with Crippen LogP contribution in [0.4, 0.5) is 11.8 Å². The molecule has 1 amide bonds. The third-order valence-electron chi connectivity index (χ3n) is 3.46. The third-order valence-corrected chi connectivity index (χ3v) is 3.73. The van der Waals surface area contributed by atoms with Gasteiger partial charge in [-0.05, 0) is 25.7 Å². The summed E-state index contributed by atoms with van der Waals surface area (Å²) in [4.78, 5) is 21.7. The van der Waals surface area contributed by atoms with E-state index in [0.717, 1.165) is 38.3 Å². The Bertz CT molecular complexity index is 474. The van der Waals surface area contributed by atoms with Crippen molar-refractivity contribution in [3.8, 4) is 0 Å². The second-order valence-corrected chi connectivity index (χ2v) is 5.40. The van der Waals surface area contributed by atoms with Crippen LogP contribution < -0.4 is 16.0 Å². The van der Waals surface area contributed by atoms with Crippen LogP contribution in [0.1, 0.15) is 26.2 Å². The molecule has 110 valence electrons. The molecular formula is C13H20ClN5O. The van der Waals surface area contributed by atoms with E-state index in [9.17, 15) is 4.79 Å². The monoisotopic (exact) mass is 297 g/mol. The van der Waals surface area contributed by atoms with Crippen molar-refractivity contribution in [1.82, 2.24) is 9.97 Å². The number of aromatic nitrogens is 2. The van der Waals surface area contributed by atoms with Crippen LogP contribution in [-0.2, 0) is 4.79 Å². The van der Waals surface area contributed by atoms with Crippen molar-refractivity contribution in [2.75, 3.05) is 29.9 Å². The second-order valence-electron chi connectivity index (χ2n) is 5.00. The lowest BCUT2D eigenvalue weighted by Crippen LogP contribution is -2.35. The van der Waals surface area contributed by atoms with E-state index in [-0.39, 0.29) is 5.91 Å². The Morgan fingerprint density at radius 3 is 2.85 bits per heavy atom. The number of primary amides is 1. The maximum Gasteiger partial charge on any atom is 0.224 e. The number of amides is 1. The Kier molecular flexibility index (Phi) is 5.00. The Labute approximate surface area is 123 Å². The van der Waals surface area contributed by atoms with Crippen LogP contribution >= 0.6 is 11.6 Å². The lowest BCUT2D eigenvalue weighted by molar-refractivity contribution is -0.119. The summed E-state index contributed by atoms with van der Waals surface area (Å²) in [7, 11) is 0. The molecule has 0 atom stereocenters. The average Bonchev–Trinajstić information content (AvgIpc) is 2.42. The topological polar surface area (TPSA) is 84.1 Å². The minimum absolute atomic E-state index is 0.224. The molecular weight excluding hydrogens is 278 g/mol. The summed E-state index contributed by atoms with van der Waals surface area (Å²) in [5.74, 6) is 1.50. The predicted octanol–water partition coefficient (Wildman–Crippen LogP) is 1.65. The van der Waals surface area contributed by atoms with Gasteiger partial charge >= 0.3 is 0 Å². The first-order valence-electron chi connectivity index (χ1n) is 6.89. The van der Waals surface area contributed by atoms with Gasteiger partial charge in [0.1, 0.15) is 5.02 Å². The highest BCUT2D eigenvalue weighted by Gasteiger charge is 2.23. The largest absolute Gasteiger partial charge is 0.370 e. The van der Waals surface area contributed by atoms with Crippen LogP contribution in [0, 0.1) is 5.92 Å². The Morgan fingerprint density at radius 1 is 1.55 bits per heavy atom. The summed E-state index contributed by atoms with van der Waals surface area (Å²) < 4.78 is 0. The number of hydrogen-bond donors (Lipinski definition) is 2. The maximum atomic E-state index is 10.9. The summed E-state index contributed by atoms with van der Waals surface area (Å²) >= 11 is 6.18. The molecule has 1 aliphatic rings. The maximum absolute atomic E-state index is 10.9. The van der Waals surface area contributed by atoms with Crippen LogP contribution in [0.5, 0.6) is 0 Å². The van der Waals surface area contributed by atoms with Crippen LogP contribution in [0.15, 0.2) is 6.20 Å². The van der Waals surface area contributed by atoms with Gasteiger partial charge in [-0.25, -0.2) is 4.98 Å². The summed E-state index contributed by atoms with van der Waals surface area (Å²) in [6, 6.07) is 0. The van der Waals surface area contributed by atoms with Gasteiger partial charge in [0.25, 0.3) is 0 Å². The van der Waals surface area contributed by atoms with Crippen LogP contribution in [-0.4, -0.2) is 35.5 Å². The molecule has 1 aliphatic heterocycles. The summed E-state index contributed by atoms with van der Waals surface area (Å²) in [5, 5.41) is 3.64. The van der Waals surface area contributed by atoms with E-state index in [0.29, 0.717) is 23.3 Å². The standard InChI is InChI=1S/C13H20ClN5O/c1-2-16-13-17-8-10(14)12(18-13)19-5-3-9(4-6-19)7-11(15)20/h8-9H,2-7H2,1H3,(H2,15,20)(H,16,17,18). The first-order valence-corrected chi connectivity index (χ1v) is 7.27. The molecule has 0 bridgehead atoms. The molecule has 2 heterocycles. The Morgan fingerprint density at radius 2 is 2.25 bits per heavy atom. The van der Waals surface area contributed by atoms with Crippen molar-refractivity contribution in [2.24, 2.45) is 11.7 Å². The third kappa shape index (κ3) is 3.72. The normalized spacial score (nSPS) is 16.2. The number of piperidine rings is 1. The highest BCUT2D eigenvalue weighted by molar-refractivity contribution is 6.32. The SMILES string of the molecule is CCNc1ncc(Cl)c(N2CCC(CC(N)=O)CC2)n1. The van der Waals surface area contributed by atoms with Gasteiger partial charge in [0.05, 0.1) is 6.20 Å². The smallest absolute Gasteiger partial charge is 0.224 e. The molecule has 2 rings (SSSR count). The average molecular weight is 298 g/mol. The molecule has 1 saturated heterocycles. The van der Waals surface area contributed by atoms with Crippen molar-refractivity contribution in [1.29, 1.82) is 0 Å². The van der Waals surface area contributed by atoms with E-state index in [1.807, 2.05) is 6.92 Å². The fraction of sp³-hybridized carbons (Fsp3) is 0.615. The first kappa shape index (κ1) is 14.8. The van der Waals surface area contributed by atoms with E-state index in [1.165, 1.54) is 0 Å². The van der Waals surface area contributed by atoms with E-state index in [2.05, 4.69) is 20.2 Å². The van der Waals surface area contributed by atoms with Crippen molar-refractivity contribution in [3.05, 3.63) is 11.2 Å². The van der Waals surface area contributed by atoms with Crippen molar-refractivity contribution in [2.45, 2.75) is 26.2 Å². The molecule has 1 aromatic heterocycles. The van der Waals surface area contributed by atoms with E-state index in [4.69, 9.17) is 17.3 Å². The van der Waals surface area contributed by atoms with E-state index in [1.54, 1.807) is 6.20 Å². The zero-order valence-corrected chi connectivity index (χ0v) is 12.4. The van der Waals surface area contributed by atoms with Gasteiger partial charge in [-0.2, -0.15) is 4.98 Å². The van der Waals surface area contributed by atoms with Crippen molar-refractivity contribution >= 4 is 29.3 Å². The molecule has 3 N–H and O–H groups in total. The molecule has 0 radical (unpaired) electrons. The molecule has 6 nitrogen and oxygen atoms in total. The minimum Gasteiger partial charge on any atom is -0.370 e. The lowest BCUT2D eigenvalue weighted by Gasteiger charge is -2.32. The fourth-order valence-electron chi connectivity index (χ4n) is 2.46. The number of nitrogens with one attached hydrogen (secondary N) is 1. The molecule has 7 heteroatoms. The van der Waals surface area contributed by atoms with Gasteiger partial charge in [-0.1, -0.05) is 11.6 Å². The van der Waals surface area contributed by atoms with Crippen molar-refractivity contribution in [3.63, 3.8) is 0 Å². The second kappa shape index (κ2) is 6.74. The molecule has 0 saturated carbocycles. The number of carbonyl (C=O) groups is 1. The predicted molar refractivity (Wildman–Crippen MR) is 80.0 cm³/mol. The molecule has 0 spiro atoms. The Balaban J connectivity index is 2.02. The highest BCUT2D eigenvalue weighted by atomic mass is 35.5. The number of anilines is 2. The zero-order valence-electron chi connectivity index (χ0n) is 11.6. The van der Waals surface area contributed by atoms with Gasteiger partial charge in [0.2, 0.25) is 11.9 Å². The van der Waals surface area contributed by atoms with Gasteiger partial charge in [0, 0.05) is 26.1 Å². The Hall–Kier alpha value is -1.56. The minimum atomic E-state index is -0.224. The van der Waals surface area contributed by atoms with Crippen LogP contribution in [0.2, 0.25) is 5.02 Å². The molecule has 0 unspecified atom stereocenters. The van der Waals surface area contributed by atoms with Crippen LogP contribution in [0.3, 0.4) is 0 Å². The number of nitrogens with zero attached hydrogens (tertiary/aromatic N) is 3. The lowest BCUT2D eigenvalue weighted by atomic mass is 9.93. The molecule has 0 aromatic carbocycles. The van der Waals surface area contributed by atoms with Gasteiger partial charge < -0.3 is 16.0 Å². The number of hydrogen-bond acceptors (Lipinski definition) is 5. The number of carbonyl (C=O) groups excluding carboxylic acids is 1. The summed E-state index contributed by atoms with van der Waals surface area (Å²) in [6.07, 6.45) is 3.95.